The summed E-state index contributed by atoms with van der Waals surface area (Å²) in [5.74, 6) is 0.268. The van der Waals surface area contributed by atoms with Crippen molar-refractivity contribution in [2.75, 3.05) is 26.7 Å². The molecule has 2 saturated heterocycles. The van der Waals surface area contributed by atoms with Crippen LogP contribution in [0.5, 0.6) is 0 Å². The number of carbonyl (C=O) groups excluding carboxylic acids is 1. The molecule has 2 aliphatic rings. The summed E-state index contributed by atoms with van der Waals surface area (Å²) in [6, 6.07) is 0.109. The van der Waals surface area contributed by atoms with E-state index in [1.807, 2.05) is 11.9 Å². The molecule has 68 valence electrons. The van der Waals surface area contributed by atoms with E-state index in [4.69, 9.17) is 0 Å². The fourth-order valence-corrected chi connectivity index (χ4v) is 1.91. The summed E-state index contributed by atoms with van der Waals surface area (Å²) in [6.07, 6.45) is 2.13. The first-order valence-corrected chi connectivity index (χ1v) is 4.54. The van der Waals surface area contributed by atoms with Crippen LogP contribution in [0, 0.1) is 0 Å². The van der Waals surface area contributed by atoms with Gasteiger partial charge in [0.1, 0.15) is 6.04 Å². The second-order valence-corrected chi connectivity index (χ2v) is 3.52. The Hall–Kier alpha value is -0.610. The van der Waals surface area contributed by atoms with Crippen LogP contribution in [-0.2, 0) is 4.79 Å². The number of likely N-dealkylation sites (tertiary alicyclic amines) is 1. The van der Waals surface area contributed by atoms with E-state index in [2.05, 4.69) is 10.4 Å². The van der Waals surface area contributed by atoms with Crippen molar-refractivity contribution in [2.45, 2.75) is 18.9 Å². The first kappa shape index (κ1) is 8.01. The monoisotopic (exact) mass is 169 g/mol. The van der Waals surface area contributed by atoms with Gasteiger partial charge in [0, 0.05) is 26.7 Å². The highest BCUT2D eigenvalue weighted by atomic mass is 16.2. The molecule has 1 N–H and O–H groups in total. The Morgan fingerprint density at radius 1 is 1.50 bits per heavy atom. The van der Waals surface area contributed by atoms with Gasteiger partial charge in [-0.25, -0.2) is 5.01 Å². The zero-order valence-corrected chi connectivity index (χ0v) is 7.42. The summed E-state index contributed by atoms with van der Waals surface area (Å²) >= 11 is 0. The summed E-state index contributed by atoms with van der Waals surface area (Å²) < 4.78 is 0. The number of nitrogens with one attached hydrogen (secondary N) is 1. The summed E-state index contributed by atoms with van der Waals surface area (Å²) in [6.45, 7) is 2.94. The van der Waals surface area contributed by atoms with Crippen LogP contribution in [0.3, 0.4) is 0 Å². The first-order chi connectivity index (χ1) is 5.79. The molecule has 0 aliphatic carbocycles. The van der Waals surface area contributed by atoms with E-state index in [0.717, 1.165) is 32.5 Å². The Morgan fingerprint density at radius 3 is 2.83 bits per heavy atom. The zero-order chi connectivity index (χ0) is 8.55. The van der Waals surface area contributed by atoms with Gasteiger partial charge in [-0.2, -0.15) is 0 Å². The number of nitrogens with zero attached hydrogens (tertiary/aromatic N) is 2. The van der Waals surface area contributed by atoms with Gasteiger partial charge < -0.3 is 4.90 Å². The van der Waals surface area contributed by atoms with Gasteiger partial charge in [-0.05, 0) is 12.8 Å². The van der Waals surface area contributed by atoms with Gasteiger partial charge in [-0.1, -0.05) is 0 Å². The molecule has 1 unspecified atom stereocenters. The zero-order valence-electron chi connectivity index (χ0n) is 7.42. The van der Waals surface area contributed by atoms with Gasteiger partial charge >= 0.3 is 0 Å². The molecule has 1 amide bonds. The lowest BCUT2D eigenvalue weighted by Gasteiger charge is -2.21. The number of carbonyl (C=O) groups is 1. The number of likely N-dealkylation sites (N-methyl/N-ethyl adjacent to an activating group) is 1. The molecule has 0 bridgehead atoms. The third-order valence-electron chi connectivity index (χ3n) is 2.67. The number of amides is 1. The Labute approximate surface area is 72.5 Å². The normalized spacial score (nSPS) is 31.9. The van der Waals surface area contributed by atoms with Crippen LogP contribution in [0.25, 0.3) is 0 Å². The minimum absolute atomic E-state index is 0.109. The van der Waals surface area contributed by atoms with Crippen molar-refractivity contribution in [1.29, 1.82) is 0 Å². The Kier molecular flexibility index (Phi) is 2.02. The predicted octanol–water partition coefficient (Wildman–Crippen LogP) is -0.573. The lowest BCUT2D eigenvalue weighted by atomic mass is 10.2. The number of hydrogen-bond acceptors (Lipinski definition) is 3. The van der Waals surface area contributed by atoms with Crippen molar-refractivity contribution < 1.29 is 4.79 Å². The molecule has 2 heterocycles. The average Bonchev–Trinajstić information content (AvgIpc) is 2.64. The maximum absolute atomic E-state index is 11.5. The lowest BCUT2D eigenvalue weighted by Crippen LogP contribution is -2.44. The molecule has 12 heavy (non-hydrogen) atoms. The van der Waals surface area contributed by atoms with Crippen molar-refractivity contribution in [2.24, 2.45) is 0 Å². The average molecular weight is 169 g/mol. The third kappa shape index (κ3) is 1.21. The Balaban J connectivity index is 1.99. The number of hydrogen-bond donors (Lipinski definition) is 1. The molecule has 0 spiro atoms. The molecule has 2 fully saturated rings. The predicted molar refractivity (Wildman–Crippen MR) is 45.4 cm³/mol. The second-order valence-electron chi connectivity index (χ2n) is 3.52. The highest BCUT2D eigenvalue weighted by molar-refractivity contribution is 5.83. The largest absolute Gasteiger partial charge is 0.344 e. The van der Waals surface area contributed by atoms with E-state index in [0.29, 0.717) is 0 Å². The van der Waals surface area contributed by atoms with Gasteiger partial charge in [0.15, 0.2) is 0 Å². The van der Waals surface area contributed by atoms with Crippen LogP contribution in [0.1, 0.15) is 12.8 Å². The van der Waals surface area contributed by atoms with Gasteiger partial charge in [0.2, 0.25) is 5.91 Å². The van der Waals surface area contributed by atoms with Crippen molar-refractivity contribution in [3.05, 3.63) is 0 Å². The first-order valence-electron chi connectivity index (χ1n) is 4.54. The van der Waals surface area contributed by atoms with Gasteiger partial charge in [0.25, 0.3) is 0 Å². The fraction of sp³-hybridized carbons (Fsp3) is 0.875. The van der Waals surface area contributed by atoms with Crippen molar-refractivity contribution in [3.63, 3.8) is 0 Å². The Bertz CT molecular complexity index is 189. The molecule has 4 nitrogen and oxygen atoms in total. The van der Waals surface area contributed by atoms with E-state index in [9.17, 15) is 4.79 Å². The standard InChI is InChI=1S/C8H15N3O/c1-10-6-3-7(8(10)12)11-5-2-4-9-11/h7,9H,2-6H2,1H3. The van der Waals surface area contributed by atoms with Crippen LogP contribution in [0.4, 0.5) is 0 Å². The highest BCUT2D eigenvalue weighted by Crippen LogP contribution is 2.16. The third-order valence-corrected chi connectivity index (χ3v) is 2.67. The molecule has 0 aromatic rings. The van der Waals surface area contributed by atoms with Crippen molar-refractivity contribution in [1.82, 2.24) is 15.3 Å². The van der Waals surface area contributed by atoms with Crippen LogP contribution in [-0.4, -0.2) is 48.5 Å². The maximum atomic E-state index is 11.5. The molecule has 2 rings (SSSR count). The molecular formula is C8H15N3O. The van der Waals surface area contributed by atoms with Crippen LogP contribution in [0.15, 0.2) is 0 Å². The second kappa shape index (κ2) is 3.03. The van der Waals surface area contributed by atoms with Crippen LogP contribution in [0.2, 0.25) is 0 Å². The summed E-state index contributed by atoms with van der Waals surface area (Å²) in [7, 11) is 1.87. The number of rotatable bonds is 1. The van der Waals surface area contributed by atoms with Crippen molar-refractivity contribution >= 4 is 5.91 Å². The minimum Gasteiger partial charge on any atom is -0.344 e. The number of hydrazine groups is 1. The smallest absolute Gasteiger partial charge is 0.241 e. The molecule has 4 heteroatoms. The summed E-state index contributed by atoms with van der Waals surface area (Å²) in [4.78, 5) is 13.3. The van der Waals surface area contributed by atoms with E-state index < -0.39 is 0 Å². The molecule has 2 aliphatic heterocycles. The van der Waals surface area contributed by atoms with Crippen LogP contribution < -0.4 is 5.43 Å². The molecule has 0 saturated carbocycles. The van der Waals surface area contributed by atoms with Gasteiger partial charge in [-0.15, -0.1) is 0 Å². The van der Waals surface area contributed by atoms with Crippen LogP contribution >= 0.6 is 0 Å². The van der Waals surface area contributed by atoms with Gasteiger partial charge in [0.05, 0.1) is 0 Å². The summed E-state index contributed by atoms with van der Waals surface area (Å²) in [5.41, 5.74) is 3.24. The highest BCUT2D eigenvalue weighted by Gasteiger charge is 2.34. The lowest BCUT2D eigenvalue weighted by molar-refractivity contribution is -0.131. The molecule has 0 radical (unpaired) electrons. The van der Waals surface area contributed by atoms with Crippen molar-refractivity contribution in [3.8, 4) is 0 Å². The summed E-state index contributed by atoms with van der Waals surface area (Å²) in [5, 5.41) is 2.09. The Morgan fingerprint density at radius 2 is 2.33 bits per heavy atom. The topological polar surface area (TPSA) is 35.6 Å². The van der Waals surface area contributed by atoms with E-state index in [-0.39, 0.29) is 11.9 Å². The minimum atomic E-state index is 0.109. The molecule has 0 aromatic heterocycles. The van der Waals surface area contributed by atoms with E-state index in [1.54, 1.807) is 0 Å². The van der Waals surface area contributed by atoms with E-state index >= 15 is 0 Å². The SMILES string of the molecule is CN1CCC(N2CCCN2)C1=O. The molecule has 0 aromatic carbocycles. The van der Waals surface area contributed by atoms with E-state index in [1.165, 1.54) is 0 Å². The quantitative estimate of drug-likeness (QED) is 0.571. The molecular weight excluding hydrogens is 154 g/mol. The molecule has 1 atom stereocenters. The van der Waals surface area contributed by atoms with Gasteiger partial charge in [-0.3, -0.25) is 10.2 Å². The fourth-order valence-electron chi connectivity index (χ4n) is 1.91. The maximum Gasteiger partial charge on any atom is 0.241 e.